The molecule has 0 aliphatic heterocycles. The van der Waals surface area contributed by atoms with Crippen LogP contribution in [0.25, 0.3) is 0 Å². The predicted octanol–water partition coefficient (Wildman–Crippen LogP) is 5.31. The number of hydrogen-bond acceptors (Lipinski definition) is 3. The van der Waals surface area contributed by atoms with Crippen LogP contribution in [0, 0.1) is 0 Å². The van der Waals surface area contributed by atoms with E-state index in [0.717, 1.165) is 0 Å². The van der Waals surface area contributed by atoms with E-state index >= 15 is 0 Å². The van der Waals surface area contributed by atoms with E-state index in [9.17, 15) is 140 Å². The fraction of sp³-hybridized carbons (Fsp3) is 1.00. The van der Waals surface area contributed by atoms with E-state index in [-0.39, 0.29) is 29.6 Å². The Hall–Kier alpha value is -1.12. The smallest absolute Gasteiger partial charge is 0.743 e. The summed E-state index contributed by atoms with van der Waals surface area (Å²) in [5, 5.41) is -8.45. The summed E-state index contributed by atoms with van der Waals surface area (Å²) in [5.41, 5.74) is 0. The first-order chi connectivity index (χ1) is 19.5. The van der Waals surface area contributed by atoms with Crippen molar-refractivity contribution in [2.75, 3.05) is 0 Å². The summed E-state index contributed by atoms with van der Waals surface area (Å²) in [6.07, 6.45) is -8.34. The topological polar surface area (TPSA) is 57.2 Å². The van der Waals surface area contributed by atoms with Gasteiger partial charge >= 0.3 is 112 Å². The molecule has 48 heavy (non-hydrogen) atoms. The molecule has 0 heterocycles. The van der Waals surface area contributed by atoms with Gasteiger partial charge in [-0.05, 0) is 0 Å². The second-order valence-electron chi connectivity index (χ2n) is 8.36. The van der Waals surface area contributed by atoms with E-state index in [0.29, 0.717) is 0 Å². The van der Waals surface area contributed by atoms with Gasteiger partial charge in [0.05, 0.1) is 0 Å². The third kappa shape index (κ3) is 5.54. The molecule has 0 rings (SSSR count). The zero-order valence-electron chi connectivity index (χ0n) is 20.6. The molecular formula is C14F29NaO3S. The summed E-state index contributed by atoms with van der Waals surface area (Å²) in [7, 11) is -8.60. The Bertz CT molecular complexity index is 1290. The van der Waals surface area contributed by atoms with Crippen LogP contribution in [0.3, 0.4) is 0 Å². The third-order valence-corrected chi connectivity index (χ3v) is 6.26. The number of rotatable bonds is 13. The van der Waals surface area contributed by atoms with Gasteiger partial charge in [0.2, 0.25) is 0 Å². The molecule has 0 unspecified atom stereocenters. The Balaban J connectivity index is 0. The largest absolute Gasteiger partial charge is 1.00 e. The molecular weight excluding hydrogens is 822 g/mol. The first kappa shape index (κ1) is 49.0. The summed E-state index contributed by atoms with van der Waals surface area (Å²) in [5.74, 6) is -116. The van der Waals surface area contributed by atoms with E-state index in [2.05, 4.69) is 0 Å². The van der Waals surface area contributed by atoms with Crippen molar-refractivity contribution < 1.29 is 170 Å². The molecule has 0 bridgehead atoms. The zero-order valence-corrected chi connectivity index (χ0v) is 23.4. The zero-order chi connectivity index (χ0) is 39.5. The van der Waals surface area contributed by atoms with Crippen LogP contribution in [0.15, 0.2) is 0 Å². The van der Waals surface area contributed by atoms with Crippen LogP contribution in [0.2, 0.25) is 0 Å². The van der Waals surface area contributed by atoms with Crippen molar-refractivity contribution in [3.8, 4) is 0 Å². The normalized spacial score (nSPS) is 17.0. The average molecular weight is 822 g/mol. The second kappa shape index (κ2) is 11.7. The molecule has 284 valence electrons. The van der Waals surface area contributed by atoms with Crippen molar-refractivity contribution in [2.45, 2.75) is 82.5 Å². The van der Waals surface area contributed by atoms with Crippen molar-refractivity contribution in [3.63, 3.8) is 0 Å². The minimum absolute atomic E-state index is 0. The maximum atomic E-state index is 13.6. The van der Waals surface area contributed by atoms with E-state index in [1.54, 1.807) is 0 Å². The Morgan fingerprint density at radius 1 is 0.271 bits per heavy atom. The van der Waals surface area contributed by atoms with Crippen molar-refractivity contribution in [3.05, 3.63) is 0 Å². The minimum Gasteiger partial charge on any atom is -0.743 e. The second-order valence-corrected chi connectivity index (χ2v) is 9.78. The van der Waals surface area contributed by atoms with Crippen LogP contribution in [0.5, 0.6) is 0 Å². The maximum Gasteiger partial charge on any atom is 1.00 e. The summed E-state index contributed by atoms with van der Waals surface area (Å²) >= 11 is 0. The first-order valence-electron chi connectivity index (χ1n) is 9.43. The van der Waals surface area contributed by atoms with Gasteiger partial charge in [-0.2, -0.15) is 127 Å². The van der Waals surface area contributed by atoms with Crippen molar-refractivity contribution in [1.29, 1.82) is 0 Å². The molecule has 0 amide bonds. The number of alkyl halides is 29. The molecule has 3 nitrogen and oxygen atoms in total. The van der Waals surface area contributed by atoms with E-state index in [1.807, 2.05) is 0 Å². The molecule has 0 aromatic heterocycles. The molecule has 34 heteroatoms. The Morgan fingerprint density at radius 2 is 0.396 bits per heavy atom. The van der Waals surface area contributed by atoms with E-state index in [4.69, 9.17) is 0 Å². The van der Waals surface area contributed by atoms with Gasteiger partial charge in [0.25, 0.3) is 0 Å². The van der Waals surface area contributed by atoms with Crippen LogP contribution in [-0.4, -0.2) is 95.5 Å². The van der Waals surface area contributed by atoms with Crippen LogP contribution < -0.4 is 29.6 Å². The van der Waals surface area contributed by atoms with Crippen LogP contribution in [0.1, 0.15) is 0 Å². The molecule has 0 radical (unpaired) electrons. The van der Waals surface area contributed by atoms with E-state index < -0.39 is 92.6 Å². The van der Waals surface area contributed by atoms with Crippen molar-refractivity contribution >= 4 is 10.1 Å². The molecule has 0 aromatic carbocycles. The van der Waals surface area contributed by atoms with Gasteiger partial charge in [0.15, 0.2) is 10.1 Å². The van der Waals surface area contributed by atoms with Crippen LogP contribution in [-0.2, 0) is 10.1 Å². The van der Waals surface area contributed by atoms with Crippen LogP contribution in [0.4, 0.5) is 127 Å². The van der Waals surface area contributed by atoms with Gasteiger partial charge in [0, 0.05) is 0 Å². The van der Waals surface area contributed by atoms with Crippen molar-refractivity contribution in [2.24, 2.45) is 0 Å². The molecule has 0 aliphatic carbocycles. The van der Waals surface area contributed by atoms with Gasteiger partial charge in [-0.15, -0.1) is 0 Å². The molecule has 0 aliphatic rings. The summed E-state index contributed by atoms with van der Waals surface area (Å²) in [4.78, 5) is 0. The van der Waals surface area contributed by atoms with Gasteiger partial charge in [-0.1, -0.05) is 0 Å². The summed E-state index contributed by atoms with van der Waals surface area (Å²) in [6, 6.07) is 0. The number of halogens is 29. The molecule has 0 fully saturated rings. The first-order valence-corrected chi connectivity index (χ1v) is 10.8. The standard InChI is InChI=1S/C14HF29O3S.Na/c15-1(16,3(19,20)5(23,24)7(27,28)9(31,32)11(35,36)13(39,40)41)2(17,18)4(21,22)6(25,26)8(29,30)10(33,34)12(37,38)14(42,43)47(44,45)46;/h(H,44,45,46);/q;+1/p-1. The predicted molar refractivity (Wildman–Crippen MR) is 80.1 cm³/mol. The minimum atomic E-state index is -10.1. The molecule has 0 saturated heterocycles. The van der Waals surface area contributed by atoms with Gasteiger partial charge in [-0.25, -0.2) is 8.42 Å². The fourth-order valence-corrected chi connectivity index (χ4v) is 2.93. The Morgan fingerprint density at radius 3 is 0.521 bits per heavy atom. The average Bonchev–Trinajstić information content (AvgIpc) is 2.80. The molecule has 0 N–H and O–H groups in total. The van der Waals surface area contributed by atoms with Crippen molar-refractivity contribution in [1.82, 2.24) is 0 Å². The molecule has 0 atom stereocenters. The van der Waals surface area contributed by atoms with Gasteiger partial charge < -0.3 is 4.55 Å². The van der Waals surface area contributed by atoms with Gasteiger partial charge in [-0.3, -0.25) is 0 Å². The summed E-state index contributed by atoms with van der Waals surface area (Å²) in [6.45, 7) is 0. The van der Waals surface area contributed by atoms with E-state index in [1.165, 1.54) is 0 Å². The monoisotopic (exact) mass is 822 g/mol. The molecule has 0 saturated carbocycles. The summed E-state index contributed by atoms with van der Waals surface area (Å²) < 4.78 is 413. The Kier molecular flexibility index (Phi) is 11.9. The quantitative estimate of drug-likeness (QED) is 0.144. The van der Waals surface area contributed by atoms with Crippen LogP contribution >= 0.6 is 0 Å². The number of hydrogen-bond donors (Lipinski definition) is 0. The third-order valence-electron chi connectivity index (χ3n) is 5.37. The molecule has 0 spiro atoms. The Labute approximate surface area is 262 Å². The SMILES string of the molecule is O=S(=O)([O-])C(F)(F)C(F)(F)C(F)(F)C(F)(F)C(F)(F)C(F)(F)C(F)(F)C(F)(F)C(F)(F)C(F)(F)C(F)(F)C(F)(F)C(F)(F)C(F)(F)F.[Na+]. The van der Waals surface area contributed by atoms with Gasteiger partial charge in [0.1, 0.15) is 0 Å². The fourth-order valence-electron chi connectivity index (χ4n) is 2.49. The molecule has 0 aromatic rings. The maximum absolute atomic E-state index is 13.6.